The second-order valence-corrected chi connectivity index (χ2v) is 5.38. The highest BCUT2D eigenvalue weighted by molar-refractivity contribution is 5.75. The Morgan fingerprint density at radius 2 is 2.00 bits per heavy atom. The molecule has 2 rings (SSSR count). The molecule has 1 aromatic heterocycles. The van der Waals surface area contributed by atoms with Crippen molar-refractivity contribution in [1.82, 2.24) is 15.1 Å². The Bertz CT molecular complexity index is 605. The Balaban J connectivity index is 2.11. The predicted octanol–water partition coefficient (Wildman–Crippen LogP) is 2.69. The van der Waals surface area contributed by atoms with Crippen molar-refractivity contribution >= 4 is 5.97 Å². The van der Waals surface area contributed by atoms with Crippen LogP contribution in [0, 0.1) is 6.92 Å². The van der Waals surface area contributed by atoms with Crippen LogP contribution in [0.25, 0.3) is 0 Å². The van der Waals surface area contributed by atoms with Gasteiger partial charge in [-0.3, -0.25) is 14.8 Å². The molecule has 1 heterocycles. The van der Waals surface area contributed by atoms with Crippen LogP contribution in [-0.2, 0) is 11.3 Å². The van der Waals surface area contributed by atoms with E-state index in [1.807, 2.05) is 48.1 Å². The number of aryl methyl sites for hydroxylation is 1. The molecule has 21 heavy (non-hydrogen) atoms. The van der Waals surface area contributed by atoms with Gasteiger partial charge in [-0.1, -0.05) is 30.3 Å². The number of carbonyl (C=O) groups is 1. The fourth-order valence-corrected chi connectivity index (χ4v) is 2.16. The summed E-state index contributed by atoms with van der Waals surface area (Å²) in [5.41, 5.74) is 2.69. The number of hydrogen-bond acceptors (Lipinski definition) is 3. The van der Waals surface area contributed by atoms with Crippen LogP contribution >= 0.6 is 0 Å². The maximum absolute atomic E-state index is 11.4. The zero-order valence-corrected chi connectivity index (χ0v) is 12.6. The van der Waals surface area contributed by atoms with E-state index in [0.717, 1.165) is 16.8 Å². The smallest absolute Gasteiger partial charge is 0.325 e. The highest BCUT2D eigenvalue weighted by Crippen LogP contribution is 2.15. The molecule has 2 N–H and O–H groups in total. The lowest BCUT2D eigenvalue weighted by Crippen LogP contribution is -2.28. The molecule has 0 aliphatic heterocycles. The molecule has 0 saturated heterocycles. The minimum atomic E-state index is -0.880. The molecule has 0 amide bonds. The summed E-state index contributed by atoms with van der Waals surface area (Å²) >= 11 is 0. The topological polar surface area (TPSA) is 67.2 Å². The molecule has 0 radical (unpaired) electrons. The minimum Gasteiger partial charge on any atom is -0.480 e. The first-order valence-corrected chi connectivity index (χ1v) is 7.04. The average Bonchev–Trinajstić information content (AvgIpc) is 2.82. The van der Waals surface area contributed by atoms with Gasteiger partial charge in [-0.15, -0.1) is 0 Å². The molecule has 0 aliphatic carbocycles. The van der Waals surface area contributed by atoms with Crippen LogP contribution in [0.5, 0.6) is 0 Å². The molecule has 5 heteroatoms. The van der Waals surface area contributed by atoms with E-state index in [2.05, 4.69) is 24.3 Å². The number of benzene rings is 1. The quantitative estimate of drug-likeness (QED) is 0.857. The molecule has 0 bridgehead atoms. The molecular formula is C16H21N3O2. The summed E-state index contributed by atoms with van der Waals surface area (Å²) in [5, 5.41) is 16.9. The first-order valence-electron chi connectivity index (χ1n) is 7.04. The number of nitrogens with zero attached hydrogens (tertiary/aromatic N) is 2. The van der Waals surface area contributed by atoms with Crippen LogP contribution in [0.4, 0.5) is 0 Å². The summed E-state index contributed by atoms with van der Waals surface area (Å²) in [7, 11) is 0. The fraction of sp³-hybridized carbons (Fsp3) is 0.375. The second-order valence-electron chi connectivity index (χ2n) is 5.38. The third-order valence-electron chi connectivity index (χ3n) is 3.42. The highest BCUT2D eigenvalue weighted by Gasteiger charge is 2.19. The van der Waals surface area contributed by atoms with Crippen molar-refractivity contribution < 1.29 is 9.90 Å². The number of rotatable bonds is 6. The Kier molecular flexibility index (Phi) is 4.75. The van der Waals surface area contributed by atoms with E-state index in [0.29, 0.717) is 12.6 Å². The van der Waals surface area contributed by atoms with Gasteiger partial charge in [0, 0.05) is 24.3 Å². The molecule has 5 nitrogen and oxygen atoms in total. The van der Waals surface area contributed by atoms with Crippen molar-refractivity contribution in [3.05, 3.63) is 53.3 Å². The van der Waals surface area contributed by atoms with Gasteiger partial charge >= 0.3 is 5.97 Å². The first kappa shape index (κ1) is 15.3. The standard InChI is InChI=1S/C16H21N3O2/c1-11(2)19-10-14(12(3)18-19)9-17-15(16(20)21)13-7-5-4-6-8-13/h4-8,10-11,15,17H,9H2,1-3H3,(H,20,21)/t15-/m1/s1. The van der Waals surface area contributed by atoms with E-state index in [-0.39, 0.29) is 0 Å². The summed E-state index contributed by atoms with van der Waals surface area (Å²) in [5.74, 6) is -0.880. The van der Waals surface area contributed by atoms with Crippen LogP contribution in [0.15, 0.2) is 36.5 Å². The third kappa shape index (κ3) is 3.70. The zero-order valence-electron chi connectivity index (χ0n) is 12.6. The van der Waals surface area contributed by atoms with Crippen LogP contribution in [-0.4, -0.2) is 20.9 Å². The van der Waals surface area contributed by atoms with Gasteiger partial charge in [0.15, 0.2) is 0 Å². The van der Waals surface area contributed by atoms with Crippen molar-refractivity contribution in [3.8, 4) is 0 Å². The van der Waals surface area contributed by atoms with Gasteiger partial charge in [0.05, 0.1) is 5.69 Å². The number of aromatic nitrogens is 2. The summed E-state index contributed by atoms with van der Waals surface area (Å²) in [4.78, 5) is 11.4. The summed E-state index contributed by atoms with van der Waals surface area (Å²) in [6, 6.07) is 8.77. The maximum Gasteiger partial charge on any atom is 0.325 e. The lowest BCUT2D eigenvalue weighted by atomic mass is 10.1. The molecule has 0 aliphatic rings. The molecule has 0 unspecified atom stereocenters. The number of nitrogens with one attached hydrogen (secondary N) is 1. The summed E-state index contributed by atoms with van der Waals surface area (Å²) in [6.07, 6.45) is 1.97. The normalized spacial score (nSPS) is 12.6. The SMILES string of the molecule is Cc1nn(C(C)C)cc1CN[C@@H](C(=O)O)c1ccccc1. The first-order chi connectivity index (χ1) is 9.99. The van der Waals surface area contributed by atoms with Crippen LogP contribution in [0.2, 0.25) is 0 Å². The van der Waals surface area contributed by atoms with E-state index in [1.54, 1.807) is 0 Å². The Morgan fingerprint density at radius 3 is 2.52 bits per heavy atom. The molecule has 0 fully saturated rings. The molecule has 0 saturated carbocycles. The molecule has 1 atom stereocenters. The van der Waals surface area contributed by atoms with Gasteiger partial charge in [0.25, 0.3) is 0 Å². The molecule has 0 spiro atoms. The summed E-state index contributed by atoms with van der Waals surface area (Å²) < 4.78 is 1.89. The van der Waals surface area contributed by atoms with Gasteiger partial charge in [-0.25, -0.2) is 0 Å². The largest absolute Gasteiger partial charge is 0.480 e. The van der Waals surface area contributed by atoms with Crippen molar-refractivity contribution in [2.75, 3.05) is 0 Å². The van der Waals surface area contributed by atoms with E-state index >= 15 is 0 Å². The second kappa shape index (κ2) is 6.54. The van der Waals surface area contributed by atoms with Gasteiger partial charge in [-0.05, 0) is 26.3 Å². The number of carboxylic acid groups (broad SMARTS) is 1. The Hall–Kier alpha value is -2.14. The minimum absolute atomic E-state index is 0.293. The van der Waals surface area contributed by atoms with E-state index in [1.165, 1.54) is 0 Å². The van der Waals surface area contributed by atoms with E-state index in [4.69, 9.17) is 0 Å². The van der Waals surface area contributed by atoms with Crippen molar-refractivity contribution in [2.24, 2.45) is 0 Å². The predicted molar refractivity (Wildman–Crippen MR) is 81.0 cm³/mol. The van der Waals surface area contributed by atoms with Crippen molar-refractivity contribution in [2.45, 2.75) is 39.4 Å². The average molecular weight is 287 g/mol. The molecular weight excluding hydrogens is 266 g/mol. The maximum atomic E-state index is 11.4. The summed E-state index contributed by atoms with van der Waals surface area (Å²) in [6.45, 7) is 6.54. The molecule has 2 aromatic rings. The van der Waals surface area contributed by atoms with Crippen LogP contribution in [0.3, 0.4) is 0 Å². The highest BCUT2D eigenvalue weighted by atomic mass is 16.4. The molecule has 112 valence electrons. The van der Waals surface area contributed by atoms with Crippen molar-refractivity contribution in [1.29, 1.82) is 0 Å². The van der Waals surface area contributed by atoms with Gasteiger partial charge in [-0.2, -0.15) is 5.10 Å². The number of carboxylic acids is 1. The molecule has 1 aromatic carbocycles. The number of hydrogen-bond donors (Lipinski definition) is 2. The van der Waals surface area contributed by atoms with E-state index < -0.39 is 12.0 Å². The lowest BCUT2D eigenvalue weighted by molar-refractivity contribution is -0.139. The van der Waals surface area contributed by atoms with Gasteiger partial charge < -0.3 is 5.11 Å². The van der Waals surface area contributed by atoms with Crippen LogP contribution < -0.4 is 5.32 Å². The van der Waals surface area contributed by atoms with E-state index in [9.17, 15) is 9.90 Å². The van der Waals surface area contributed by atoms with Gasteiger partial charge in [0.2, 0.25) is 0 Å². The fourth-order valence-electron chi connectivity index (χ4n) is 2.16. The lowest BCUT2D eigenvalue weighted by Gasteiger charge is -2.14. The number of aliphatic carboxylic acids is 1. The zero-order chi connectivity index (χ0) is 15.4. The monoisotopic (exact) mass is 287 g/mol. The third-order valence-corrected chi connectivity index (χ3v) is 3.42. The van der Waals surface area contributed by atoms with Gasteiger partial charge in [0.1, 0.15) is 6.04 Å². The van der Waals surface area contributed by atoms with Crippen LogP contribution in [0.1, 0.15) is 42.8 Å². The Morgan fingerprint density at radius 1 is 1.33 bits per heavy atom. The Labute approximate surface area is 124 Å². The van der Waals surface area contributed by atoms with Crippen molar-refractivity contribution in [3.63, 3.8) is 0 Å².